The summed E-state index contributed by atoms with van der Waals surface area (Å²) >= 11 is 0. The van der Waals surface area contributed by atoms with Gasteiger partial charge in [-0.1, -0.05) is 29.8 Å². The predicted octanol–water partition coefficient (Wildman–Crippen LogP) is 2.78. The van der Waals surface area contributed by atoms with Crippen LogP contribution in [0.4, 0.5) is 0 Å². The zero-order valence-corrected chi connectivity index (χ0v) is 9.29. The van der Waals surface area contributed by atoms with E-state index in [1.165, 1.54) is 11.1 Å². The lowest BCUT2D eigenvalue weighted by Crippen LogP contribution is -2.14. The quantitative estimate of drug-likeness (QED) is 0.720. The van der Waals surface area contributed by atoms with Crippen molar-refractivity contribution in [3.05, 3.63) is 35.4 Å². The smallest absolute Gasteiger partial charge is 0.0621 e. The lowest BCUT2D eigenvalue weighted by molar-refractivity contribution is 0.628. The molecule has 0 saturated carbocycles. The summed E-state index contributed by atoms with van der Waals surface area (Å²) in [6.07, 6.45) is 2.75. The molecule has 80 valence electrons. The Morgan fingerprint density at radius 2 is 2.20 bits per heavy atom. The Morgan fingerprint density at radius 3 is 2.93 bits per heavy atom. The second-order valence-electron chi connectivity index (χ2n) is 3.78. The molecular formula is C13H18N2. The van der Waals surface area contributed by atoms with Gasteiger partial charge in [0.25, 0.3) is 0 Å². The summed E-state index contributed by atoms with van der Waals surface area (Å²) in [5.41, 5.74) is 2.63. The van der Waals surface area contributed by atoms with Gasteiger partial charge in [-0.3, -0.25) is 0 Å². The van der Waals surface area contributed by atoms with Crippen molar-refractivity contribution in [2.45, 2.75) is 32.7 Å². The third-order valence-electron chi connectivity index (χ3n) is 2.30. The van der Waals surface area contributed by atoms with Crippen LogP contribution in [0.1, 0.15) is 30.4 Å². The first kappa shape index (κ1) is 11.7. The van der Waals surface area contributed by atoms with E-state index in [2.05, 4.69) is 42.6 Å². The van der Waals surface area contributed by atoms with Crippen LogP contribution in [0, 0.1) is 18.3 Å². The molecule has 1 aromatic carbocycles. The second-order valence-corrected chi connectivity index (χ2v) is 3.78. The fourth-order valence-corrected chi connectivity index (χ4v) is 1.51. The molecule has 0 aromatic heterocycles. The maximum absolute atomic E-state index is 8.36. The van der Waals surface area contributed by atoms with Crippen LogP contribution in [-0.4, -0.2) is 6.54 Å². The maximum atomic E-state index is 8.36. The normalized spacial score (nSPS) is 9.87. The highest BCUT2D eigenvalue weighted by molar-refractivity contribution is 5.21. The van der Waals surface area contributed by atoms with Crippen LogP contribution in [0.15, 0.2) is 24.3 Å². The first-order valence-electron chi connectivity index (χ1n) is 5.46. The van der Waals surface area contributed by atoms with Crippen molar-refractivity contribution in [2.24, 2.45) is 0 Å². The van der Waals surface area contributed by atoms with Gasteiger partial charge in [0, 0.05) is 13.0 Å². The molecule has 0 fully saturated rings. The zero-order valence-electron chi connectivity index (χ0n) is 9.29. The van der Waals surface area contributed by atoms with Gasteiger partial charge in [-0.25, -0.2) is 0 Å². The van der Waals surface area contributed by atoms with Crippen molar-refractivity contribution >= 4 is 0 Å². The Morgan fingerprint density at radius 1 is 1.33 bits per heavy atom. The molecule has 1 aromatic rings. The molecule has 15 heavy (non-hydrogen) atoms. The van der Waals surface area contributed by atoms with Crippen molar-refractivity contribution in [2.75, 3.05) is 6.54 Å². The van der Waals surface area contributed by atoms with Crippen molar-refractivity contribution in [3.63, 3.8) is 0 Å². The summed E-state index contributed by atoms with van der Waals surface area (Å²) in [5.74, 6) is 0. The minimum Gasteiger partial charge on any atom is -0.313 e. The van der Waals surface area contributed by atoms with Crippen LogP contribution in [0.3, 0.4) is 0 Å². The first-order valence-corrected chi connectivity index (χ1v) is 5.46. The van der Waals surface area contributed by atoms with Crippen molar-refractivity contribution < 1.29 is 0 Å². The molecular weight excluding hydrogens is 184 g/mol. The first-order chi connectivity index (χ1) is 7.33. The van der Waals surface area contributed by atoms with E-state index >= 15 is 0 Å². The Kier molecular flexibility index (Phi) is 5.50. The van der Waals surface area contributed by atoms with E-state index in [4.69, 9.17) is 5.26 Å². The molecule has 2 heteroatoms. The van der Waals surface area contributed by atoms with E-state index < -0.39 is 0 Å². The van der Waals surface area contributed by atoms with Crippen LogP contribution in [-0.2, 0) is 6.54 Å². The summed E-state index contributed by atoms with van der Waals surface area (Å²) < 4.78 is 0. The minimum atomic E-state index is 0.673. The molecule has 0 atom stereocenters. The van der Waals surface area contributed by atoms with Gasteiger partial charge in [-0.2, -0.15) is 5.26 Å². The molecule has 0 aliphatic carbocycles. The zero-order chi connectivity index (χ0) is 10.9. The predicted molar refractivity (Wildman–Crippen MR) is 62.3 cm³/mol. The van der Waals surface area contributed by atoms with Gasteiger partial charge < -0.3 is 5.32 Å². The fraction of sp³-hybridized carbons (Fsp3) is 0.462. The third-order valence-corrected chi connectivity index (χ3v) is 2.30. The third kappa shape index (κ3) is 5.19. The Hall–Kier alpha value is -1.33. The lowest BCUT2D eigenvalue weighted by Gasteiger charge is -2.04. The fourth-order valence-electron chi connectivity index (χ4n) is 1.51. The van der Waals surface area contributed by atoms with Crippen LogP contribution in [0.25, 0.3) is 0 Å². The van der Waals surface area contributed by atoms with E-state index in [-0.39, 0.29) is 0 Å². The summed E-state index contributed by atoms with van der Waals surface area (Å²) in [7, 11) is 0. The van der Waals surface area contributed by atoms with E-state index in [9.17, 15) is 0 Å². The average molecular weight is 202 g/mol. The molecule has 0 aliphatic rings. The van der Waals surface area contributed by atoms with Crippen LogP contribution >= 0.6 is 0 Å². The molecule has 0 bridgehead atoms. The van der Waals surface area contributed by atoms with E-state index in [1.54, 1.807) is 0 Å². The summed E-state index contributed by atoms with van der Waals surface area (Å²) in [4.78, 5) is 0. The molecule has 0 radical (unpaired) electrons. The van der Waals surface area contributed by atoms with Gasteiger partial charge in [-0.05, 0) is 31.9 Å². The van der Waals surface area contributed by atoms with E-state index in [0.717, 1.165) is 25.9 Å². The van der Waals surface area contributed by atoms with Gasteiger partial charge in [0.1, 0.15) is 0 Å². The average Bonchev–Trinajstić information content (AvgIpc) is 2.23. The summed E-state index contributed by atoms with van der Waals surface area (Å²) in [6, 6.07) is 10.7. The lowest BCUT2D eigenvalue weighted by atomic mass is 10.1. The summed E-state index contributed by atoms with van der Waals surface area (Å²) in [5, 5.41) is 11.7. The largest absolute Gasteiger partial charge is 0.313 e. The molecule has 0 unspecified atom stereocenters. The van der Waals surface area contributed by atoms with Crippen LogP contribution in [0.2, 0.25) is 0 Å². The van der Waals surface area contributed by atoms with Gasteiger partial charge >= 0.3 is 0 Å². The van der Waals surface area contributed by atoms with Gasteiger partial charge in [-0.15, -0.1) is 0 Å². The SMILES string of the molecule is Cc1cccc(CNCCCCC#N)c1. The van der Waals surface area contributed by atoms with Gasteiger partial charge in [0.15, 0.2) is 0 Å². The molecule has 0 heterocycles. The highest BCUT2D eigenvalue weighted by Crippen LogP contribution is 2.03. The molecule has 0 amide bonds. The Bertz CT molecular complexity index is 326. The van der Waals surface area contributed by atoms with Gasteiger partial charge in [0.2, 0.25) is 0 Å². The highest BCUT2D eigenvalue weighted by atomic mass is 14.8. The Labute approximate surface area is 91.9 Å². The molecule has 2 nitrogen and oxygen atoms in total. The van der Waals surface area contributed by atoms with Crippen molar-refractivity contribution in [1.29, 1.82) is 5.26 Å². The number of hydrogen-bond donors (Lipinski definition) is 1. The molecule has 0 spiro atoms. The Balaban J connectivity index is 2.13. The maximum Gasteiger partial charge on any atom is 0.0621 e. The highest BCUT2D eigenvalue weighted by Gasteiger charge is 1.92. The van der Waals surface area contributed by atoms with Crippen LogP contribution in [0.5, 0.6) is 0 Å². The molecule has 1 N–H and O–H groups in total. The number of unbranched alkanes of at least 4 members (excludes halogenated alkanes) is 2. The monoisotopic (exact) mass is 202 g/mol. The second kappa shape index (κ2) is 7.03. The molecule has 0 saturated heterocycles. The minimum absolute atomic E-state index is 0.673. The topological polar surface area (TPSA) is 35.8 Å². The van der Waals surface area contributed by atoms with Crippen LogP contribution < -0.4 is 5.32 Å². The number of aryl methyl sites for hydroxylation is 1. The standard InChI is InChI=1S/C13H18N2/c1-12-6-5-7-13(10-12)11-15-9-4-2-3-8-14/h5-7,10,15H,2-4,9,11H2,1H3. The molecule has 0 aliphatic heterocycles. The molecule has 1 rings (SSSR count). The van der Waals surface area contributed by atoms with Gasteiger partial charge in [0.05, 0.1) is 6.07 Å². The van der Waals surface area contributed by atoms with Crippen molar-refractivity contribution in [1.82, 2.24) is 5.32 Å². The number of rotatable bonds is 6. The van der Waals surface area contributed by atoms with E-state index in [0.29, 0.717) is 6.42 Å². The number of hydrogen-bond acceptors (Lipinski definition) is 2. The van der Waals surface area contributed by atoms with E-state index in [1.807, 2.05) is 0 Å². The summed E-state index contributed by atoms with van der Waals surface area (Å²) in [6.45, 7) is 4.03. The number of nitrogens with one attached hydrogen (secondary N) is 1. The number of nitriles is 1. The van der Waals surface area contributed by atoms with Crippen molar-refractivity contribution in [3.8, 4) is 6.07 Å². The number of benzene rings is 1. The number of nitrogens with zero attached hydrogens (tertiary/aromatic N) is 1.